The predicted octanol–water partition coefficient (Wildman–Crippen LogP) is 2.26. The van der Waals surface area contributed by atoms with E-state index in [1.165, 1.54) is 19.3 Å². The third-order valence-corrected chi connectivity index (χ3v) is 3.43. The van der Waals surface area contributed by atoms with Gasteiger partial charge in [0.1, 0.15) is 5.82 Å². The summed E-state index contributed by atoms with van der Waals surface area (Å²) in [5, 5.41) is 3.67. The van der Waals surface area contributed by atoms with Crippen molar-refractivity contribution in [1.29, 1.82) is 0 Å². The Balaban J connectivity index is 1.92. The molecule has 0 aromatic carbocycles. The van der Waals surface area contributed by atoms with Crippen molar-refractivity contribution in [2.75, 3.05) is 0 Å². The SMILES string of the molecule is CC1CCC(NC(C)c2nccn2C)C1. The third-order valence-electron chi connectivity index (χ3n) is 3.43. The second-order valence-electron chi connectivity index (χ2n) is 4.90. The Morgan fingerprint density at radius 2 is 2.33 bits per heavy atom. The number of hydrogen-bond acceptors (Lipinski definition) is 2. The van der Waals surface area contributed by atoms with E-state index < -0.39 is 0 Å². The van der Waals surface area contributed by atoms with Gasteiger partial charge in [0, 0.05) is 25.5 Å². The van der Waals surface area contributed by atoms with Gasteiger partial charge in [-0.3, -0.25) is 0 Å². The van der Waals surface area contributed by atoms with E-state index in [0.29, 0.717) is 12.1 Å². The minimum Gasteiger partial charge on any atom is -0.337 e. The molecular weight excluding hydrogens is 186 g/mol. The van der Waals surface area contributed by atoms with Gasteiger partial charge in [-0.15, -0.1) is 0 Å². The fraction of sp³-hybridized carbons (Fsp3) is 0.750. The highest BCUT2D eigenvalue weighted by Crippen LogP contribution is 2.26. The van der Waals surface area contributed by atoms with Crippen LogP contribution in [0.4, 0.5) is 0 Å². The highest BCUT2D eigenvalue weighted by Gasteiger charge is 2.23. The van der Waals surface area contributed by atoms with E-state index in [-0.39, 0.29) is 0 Å². The third kappa shape index (κ3) is 2.40. The number of aryl methyl sites for hydroxylation is 1. The van der Waals surface area contributed by atoms with Crippen molar-refractivity contribution < 1.29 is 0 Å². The molecule has 1 aromatic rings. The Morgan fingerprint density at radius 1 is 1.53 bits per heavy atom. The van der Waals surface area contributed by atoms with E-state index in [0.717, 1.165) is 11.7 Å². The molecule has 3 nitrogen and oxygen atoms in total. The van der Waals surface area contributed by atoms with Crippen LogP contribution >= 0.6 is 0 Å². The van der Waals surface area contributed by atoms with Crippen molar-refractivity contribution in [3.8, 4) is 0 Å². The first-order valence-electron chi connectivity index (χ1n) is 5.90. The number of aromatic nitrogens is 2. The Kier molecular flexibility index (Phi) is 3.10. The van der Waals surface area contributed by atoms with Crippen LogP contribution < -0.4 is 5.32 Å². The molecule has 3 heteroatoms. The van der Waals surface area contributed by atoms with Gasteiger partial charge in [0.05, 0.1) is 6.04 Å². The zero-order chi connectivity index (χ0) is 10.8. The van der Waals surface area contributed by atoms with E-state index in [1.807, 2.05) is 12.4 Å². The van der Waals surface area contributed by atoms with Crippen LogP contribution in [0.2, 0.25) is 0 Å². The minimum absolute atomic E-state index is 0.361. The predicted molar refractivity (Wildman–Crippen MR) is 61.6 cm³/mol. The molecule has 1 aliphatic carbocycles. The first-order valence-corrected chi connectivity index (χ1v) is 5.90. The summed E-state index contributed by atoms with van der Waals surface area (Å²) in [6.07, 6.45) is 7.87. The lowest BCUT2D eigenvalue weighted by Gasteiger charge is -2.19. The Hall–Kier alpha value is -0.830. The largest absolute Gasteiger partial charge is 0.337 e. The molecule has 1 saturated carbocycles. The number of imidazole rings is 1. The van der Waals surface area contributed by atoms with Crippen LogP contribution in [0.25, 0.3) is 0 Å². The van der Waals surface area contributed by atoms with Crippen LogP contribution in [0.3, 0.4) is 0 Å². The van der Waals surface area contributed by atoms with Gasteiger partial charge >= 0.3 is 0 Å². The molecule has 1 aromatic heterocycles. The summed E-state index contributed by atoms with van der Waals surface area (Å²) in [6, 6.07) is 1.05. The highest BCUT2D eigenvalue weighted by atomic mass is 15.1. The average molecular weight is 207 g/mol. The van der Waals surface area contributed by atoms with E-state index in [4.69, 9.17) is 0 Å². The summed E-state index contributed by atoms with van der Waals surface area (Å²) in [7, 11) is 2.05. The molecule has 0 radical (unpaired) electrons. The quantitative estimate of drug-likeness (QED) is 0.824. The van der Waals surface area contributed by atoms with E-state index in [9.17, 15) is 0 Å². The standard InChI is InChI=1S/C12H21N3/c1-9-4-5-11(8-9)14-10(2)12-13-6-7-15(12)3/h6-7,9-11,14H,4-5,8H2,1-3H3. The van der Waals surface area contributed by atoms with Gasteiger partial charge in [0.15, 0.2) is 0 Å². The number of rotatable bonds is 3. The van der Waals surface area contributed by atoms with Crippen LogP contribution in [0.5, 0.6) is 0 Å². The monoisotopic (exact) mass is 207 g/mol. The molecular formula is C12H21N3. The molecule has 84 valence electrons. The maximum absolute atomic E-state index is 4.38. The van der Waals surface area contributed by atoms with Crippen molar-refractivity contribution in [2.45, 2.75) is 45.2 Å². The van der Waals surface area contributed by atoms with Crippen LogP contribution in [-0.4, -0.2) is 15.6 Å². The molecule has 2 rings (SSSR count). The Bertz CT molecular complexity index is 318. The van der Waals surface area contributed by atoms with Crippen molar-refractivity contribution in [1.82, 2.24) is 14.9 Å². The fourth-order valence-electron chi connectivity index (χ4n) is 2.58. The lowest BCUT2D eigenvalue weighted by Crippen LogP contribution is -2.30. The van der Waals surface area contributed by atoms with E-state index >= 15 is 0 Å². The van der Waals surface area contributed by atoms with Crippen molar-refractivity contribution in [3.63, 3.8) is 0 Å². The molecule has 0 amide bonds. The van der Waals surface area contributed by atoms with Crippen LogP contribution in [0, 0.1) is 5.92 Å². The Morgan fingerprint density at radius 3 is 2.87 bits per heavy atom. The second kappa shape index (κ2) is 4.35. The molecule has 3 unspecified atom stereocenters. The summed E-state index contributed by atoms with van der Waals surface area (Å²) in [5.41, 5.74) is 0. The zero-order valence-electron chi connectivity index (χ0n) is 9.90. The number of nitrogens with zero attached hydrogens (tertiary/aromatic N) is 2. The fourth-order valence-corrected chi connectivity index (χ4v) is 2.58. The van der Waals surface area contributed by atoms with Crippen LogP contribution in [-0.2, 0) is 7.05 Å². The smallest absolute Gasteiger partial charge is 0.125 e. The molecule has 0 bridgehead atoms. The normalized spacial score (nSPS) is 28.2. The molecule has 1 fully saturated rings. The average Bonchev–Trinajstić information content (AvgIpc) is 2.75. The molecule has 1 aliphatic rings. The summed E-state index contributed by atoms with van der Waals surface area (Å²) in [4.78, 5) is 4.38. The van der Waals surface area contributed by atoms with Crippen LogP contribution in [0.15, 0.2) is 12.4 Å². The molecule has 15 heavy (non-hydrogen) atoms. The molecule has 3 atom stereocenters. The van der Waals surface area contributed by atoms with Crippen LogP contribution in [0.1, 0.15) is 45.0 Å². The number of nitrogens with one attached hydrogen (secondary N) is 1. The lowest BCUT2D eigenvalue weighted by molar-refractivity contribution is 0.430. The van der Waals surface area contributed by atoms with Gasteiger partial charge in [0.2, 0.25) is 0 Å². The highest BCUT2D eigenvalue weighted by molar-refractivity contribution is 4.98. The van der Waals surface area contributed by atoms with Gasteiger partial charge < -0.3 is 9.88 Å². The molecule has 0 spiro atoms. The first kappa shape index (κ1) is 10.7. The van der Waals surface area contributed by atoms with Gasteiger partial charge in [-0.2, -0.15) is 0 Å². The zero-order valence-corrected chi connectivity index (χ0v) is 9.90. The van der Waals surface area contributed by atoms with E-state index in [1.54, 1.807) is 0 Å². The maximum Gasteiger partial charge on any atom is 0.125 e. The topological polar surface area (TPSA) is 29.9 Å². The molecule has 1 N–H and O–H groups in total. The van der Waals surface area contributed by atoms with Crippen molar-refractivity contribution in [3.05, 3.63) is 18.2 Å². The summed E-state index contributed by atoms with van der Waals surface area (Å²) >= 11 is 0. The van der Waals surface area contributed by atoms with Crippen molar-refractivity contribution in [2.24, 2.45) is 13.0 Å². The van der Waals surface area contributed by atoms with Gasteiger partial charge in [-0.05, 0) is 32.1 Å². The summed E-state index contributed by atoms with van der Waals surface area (Å²) < 4.78 is 2.09. The number of hydrogen-bond donors (Lipinski definition) is 1. The Labute approximate surface area is 91.9 Å². The maximum atomic E-state index is 4.38. The minimum atomic E-state index is 0.361. The summed E-state index contributed by atoms with van der Waals surface area (Å²) in [6.45, 7) is 4.54. The first-order chi connectivity index (χ1) is 7.16. The molecule has 0 saturated heterocycles. The van der Waals surface area contributed by atoms with E-state index in [2.05, 4.69) is 35.8 Å². The molecule has 0 aliphatic heterocycles. The van der Waals surface area contributed by atoms with Gasteiger partial charge in [-0.25, -0.2) is 4.98 Å². The second-order valence-corrected chi connectivity index (χ2v) is 4.90. The van der Waals surface area contributed by atoms with Gasteiger partial charge in [-0.1, -0.05) is 6.92 Å². The lowest BCUT2D eigenvalue weighted by atomic mass is 10.1. The van der Waals surface area contributed by atoms with Gasteiger partial charge in [0.25, 0.3) is 0 Å². The summed E-state index contributed by atoms with van der Waals surface area (Å²) in [5.74, 6) is 2.02. The van der Waals surface area contributed by atoms with Crippen molar-refractivity contribution >= 4 is 0 Å². The molecule has 1 heterocycles.